The molecule has 1 N–H and O–H groups in total. The van der Waals surface area contributed by atoms with E-state index in [0.717, 1.165) is 33.2 Å². The minimum absolute atomic E-state index is 0.163. The number of halogens is 1. The summed E-state index contributed by atoms with van der Waals surface area (Å²) >= 11 is 3.42. The third kappa shape index (κ3) is 2.57. The molecule has 0 saturated heterocycles. The second-order valence-electron chi connectivity index (χ2n) is 4.48. The van der Waals surface area contributed by atoms with Gasteiger partial charge in [0.25, 0.3) is 0 Å². The molecule has 2 aromatic heterocycles. The molecule has 6 heteroatoms. The Hall–Kier alpha value is -1.79. The van der Waals surface area contributed by atoms with Crippen molar-refractivity contribution in [1.82, 2.24) is 20.0 Å². The molecule has 0 aliphatic rings. The molecule has 0 spiro atoms. The van der Waals surface area contributed by atoms with E-state index in [1.807, 2.05) is 30.5 Å². The zero-order valence-corrected chi connectivity index (χ0v) is 12.3. The van der Waals surface area contributed by atoms with Crippen molar-refractivity contribution in [3.63, 3.8) is 0 Å². The van der Waals surface area contributed by atoms with Gasteiger partial charge in [-0.25, -0.2) is 4.68 Å². The summed E-state index contributed by atoms with van der Waals surface area (Å²) in [6.07, 6.45) is 5.07. The second kappa shape index (κ2) is 5.68. The lowest BCUT2D eigenvalue weighted by Crippen LogP contribution is -1.97. The van der Waals surface area contributed by atoms with E-state index in [2.05, 4.69) is 31.2 Å². The van der Waals surface area contributed by atoms with Crippen LogP contribution in [0.25, 0.3) is 16.6 Å². The van der Waals surface area contributed by atoms with Gasteiger partial charge in [-0.2, -0.15) is 0 Å². The van der Waals surface area contributed by atoms with Crippen molar-refractivity contribution in [2.75, 3.05) is 6.61 Å². The van der Waals surface area contributed by atoms with Crippen LogP contribution in [0.2, 0.25) is 0 Å². The Morgan fingerprint density at radius 3 is 3.05 bits per heavy atom. The van der Waals surface area contributed by atoms with E-state index in [1.54, 1.807) is 10.9 Å². The first-order chi connectivity index (χ1) is 9.78. The largest absolute Gasteiger partial charge is 0.396 e. The number of aromatic nitrogens is 4. The third-order valence-electron chi connectivity index (χ3n) is 3.03. The summed E-state index contributed by atoms with van der Waals surface area (Å²) in [7, 11) is 0. The molecule has 102 valence electrons. The topological polar surface area (TPSA) is 63.8 Å². The number of aliphatic hydroxyl groups is 1. The molecule has 0 aliphatic carbocycles. The van der Waals surface area contributed by atoms with Gasteiger partial charge >= 0.3 is 0 Å². The molecule has 0 fully saturated rings. The average molecular weight is 333 g/mol. The molecule has 2 heterocycles. The van der Waals surface area contributed by atoms with E-state index in [-0.39, 0.29) is 6.61 Å². The van der Waals surface area contributed by atoms with Gasteiger partial charge in [0.1, 0.15) is 0 Å². The molecular formula is C14H13BrN4O. The van der Waals surface area contributed by atoms with Crippen LogP contribution in [-0.4, -0.2) is 31.7 Å². The van der Waals surface area contributed by atoms with Crippen LogP contribution in [0.3, 0.4) is 0 Å². The maximum Gasteiger partial charge on any atom is 0.0960 e. The highest BCUT2D eigenvalue weighted by molar-refractivity contribution is 9.10. The summed E-state index contributed by atoms with van der Waals surface area (Å²) in [5.74, 6) is 0. The number of aryl methyl sites for hydroxylation is 1. The first-order valence-electron chi connectivity index (χ1n) is 6.34. The normalized spacial score (nSPS) is 11.1. The third-order valence-corrected chi connectivity index (χ3v) is 3.47. The van der Waals surface area contributed by atoms with Gasteiger partial charge in [-0.15, -0.1) is 5.10 Å². The number of rotatable bonds is 4. The molecule has 3 aromatic rings. The van der Waals surface area contributed by atoms with Gasteiger partial charge in [0, 0.05) is 22.7 Å². The van der Waals surface area contributed by atoms with Crippen molar-refractivity contribution in [3.8, 4) is 5.69 Å². The van der Waals surface area contributed by atoms with E-state index in [0.29, 0.717) is 6.42 Å². The van der Waals surface area contributed by atoms with Gasteiger partial charge in [-0.05, 0) is 40.9 Å². The molecule has 20 heavy (non-hydrogen) atoms. The van der Waals surface area contributed by atoms with E-state index >= 15 is 0 Å². The predicted octanol–water partition coefficient (Wildman–Crippen LogP) is 2.50. The van der Waals surface area contributed by atoms with Gasteiger partial charge in [0.15, 0.2) is 0 Å². The number of fused-ring (bicyclic) bond motifs is 1. The summed E-state index contributed by atoms with van der Waals surface area (Å²) in [5, 5.41) is 18.2. The van der Waals surface area contributed by atoms with Gasteiger partial charge in [0.05, 0.1) is 23.1 Å². The summed E-state index contributed by atoms with van der Waals surface area (Å²) in [4.78, 5) is 4.45. The first-order valence-corrected chi connectivity index (χ1v) is 7.14. The van der Waals surface area contributed by atoms with Crippen LogP contribution in [0.5, 0.6) is 0 Å². The number of hydrogen-bond donors (Lipinski definition) is 1. The molecule has 0 radical (unpaired) electrons. The van der Waals surface area contributed by atoms with Gasteiger partial charge in [-0.3, -0.25) is 4.98 Å². The second-order valence-corrected chi connectivity index (χ2v) is 5.40. The molecule has 0 saturated carbocycles. The molecule has 5 nitrogen and oxygen atoms in total. The maximum atomic E-state index is 8.85. The van der Waals surface area contributed by atoms with Crippen LogP contribution >= 0.6 is 15.9 Å². The fraction of sp³-hybridized carbons (Fsp3) is 0.214. The van der Waals surface area contributed by atoms with E-state index < -0.39 is 0 Å². The molecule has 0 amide bonds. The highest BCUT2D eigenvalue weighted by Gasteiger charge is 2.07. The van der Waals surface area contributed by atoms with Crippen molar-refractivity contribution in [3.05, 3.63) is 46.8 Å². The standard InChI is InChI=1S/C14H13BrN4O/c15-11-7-10-3-1-5-13(14(10)16-8-11)19-9-12(17-18-19)4-2-6-20/h1,3,5,7-9,20H,2,4,6H2. The van der Waals surface area contributed by atoms with Gasteiger partial charge < -0.3 is 5.11 Å². The first kappa shape index (κ1) is 13.2. The summed E-state index contributed by atoms with van der Waals surface area (Å²) < 4.78 is 2.68. The number of nitrogens with zero attached hydrogens (tertiary/aromatic N) is 4. The lowest BCUT2D eigenvalue weighted by atomic mass is 10.2. The van der Waals surface area contributed by atoms with Crippen LogP contribution < -0.4 is 0 Å². The Bertz CT molecular complexity index is 741. The highest BCUT2D eigenvalue weighted by atomic mass is 79.9. The molecule has 3 rings (SSSR count). The molecule has 0 bridgehead atoms. The molecule has 0 unspecified atom stereocenters. The van der Waals surface area contributed by atoms with E-state index in [4.69, 9.17) is 5.11 Å². The molecular weight excluding hydrogens is 320 g/mol. The van der Waals surface area contributed by atoms with Crippen molar-refractivity contribution >= 4 is 26.8 Å². The average Bonchev–Trinajstić information content (AvgIpc) is 2.92. The lowest BCUT2D eigenvalue weighted by Gasteiger charge is -2.05. The minimum Gasteiger partial charge on any atom is -0.396 e. The van der Waals surface area contributed by atoms with Crippen molar-refractivity contribution in [1.29, 1.82) is 0 Å². The van der Waals surface area contributed by atoms with Crippen LogP contribution in [0, 0.1) is 0 Å². The van der Waals surface area contributed by atoms with Crippen LogP contribution in [0.1, 0.15) is 12.1 Å². The number of aliphatic hydroxyl groups excluding tert-OH is 1. The Balaban J connectivity index is 2.03. The minimum atomic E-state index is 0.163. The molecule has 1 aromatic carbocycles. The fourth-order valence-electron chi connectivity index (χ4n) is 2.09. The SMILES string of the molecule is OCCCc1cn(-c2cccc3cc(Br)cnc23)nn1. The van der Waals surface area contributed by atoms with E-state index in [1.165, 1.54) is 0 Å². The summed E-state index contributed by atoms with van der Waals surface area (Å²) in [5.41, 5.74) is 2.65. The Labute approximate surface area is 124 Å². The van der Waals surface area contributed by atoms with E-state index in [9.17, 15) is 0 Å². The summed E-state index contributed by atoms with van der Waals surface area (Å²) in [6.45, 7) is 0.163. The van der Waals surface area contributed by atoms with Crippen LogP contribution in [0.4, 0.5) is 0 Å². The van der Waals surface area contributed by atoms with Crippen LogP contribution in [-0.2, 0) is 6.42 Å². The number of hydrogen-bond acceptors (Lipinski definition) is 4. The maximum absolute atomic E-state index is 8.85. The molecule has 0 aliphatic heterocycles. The zero-order chi connectivity index (χ0) is 13.9. The number of benzene rings is 1. The number of para-hydroxylation sites is 1. The van der Waals surface area contributed by atoms with Gasteiger partial charge in [0.2, 0.25) is 0 Å². The lowest BCUT2D eigenvalue weighted by molar-refractivity contribution is 0.288. The Morgan fingerprint density at radius 2 is 2.20 bits per heavy atom. The Morgan fingerprint density at radius 1 is 1.30 bits per heavy atom. The van der Waals surface area contributed by atoms with Crippen molar-refractivity contribution in [2.45, 2.75) is 12.8 Å². The summed E-state index contributed by atoms with van der Waals surface area (Å²) in [6, 6.07) is 7.98. The fourth-order valence-corrected chi connectivity index (χ4v) is 2.44. The Kier molecular flexibility index (Phi) is 3.75. The smallest absolute Gasteiger partial charge is 0.0960 e. The van der Waals surface area contributed by atoms with Gasteiger partial charge in [-0.1, -0.05) is 17.3 Å². The molecule has 0 atom stereocenters. The van der Waals surface area contributed by atoms with Crippen LogP contribution in [0.15, 0.2) is 41.1 Å². The quantitative estimate of drug-likeness (QED) is 0.797. The van der Waals surface area contributed by atoms with Crippen molar-refractivity contribution < 1.29 is 5.11 Å². The zero-order valence-electron chi connectivity index (χ0n) is 10.7. The highest BCUT2D eigenvalue weighted by Crippen LogP contribution is 2.22. The predicted molar refractivity (Wildman–Crippen MR) is 79.8 cm³/mol. The van der Waals surface area contributed by atoms with Crippen molar-refractivity contribution in [2.24, 2.45) is 0 Å². The number of pyridine rings is 1. The monoisotopic (exact) mass is 332 g/mol.